The maximum Gasteiger partial charge on any atom is 0.338 e. The summed E-state index contributed by atoms with van der Waals surface area (Å²) in [5.41, 5.74) is 0.363. The van der Waals surface area contributed by atoms with Crippen LogP contribution < -0.4 is 15.8 Å². The van der Waals surface area contributed by atoms with E-state index in [1.807, 2.05) is 0 Å². The van der Waals surface area contributed by atoms with Gasteiger partial charge < -0.3 is 10.1 Å². The lowest BCUT2D eigenvalue weighted by atomic mass is 9.95. The first-order chi connectivity index (χ1) is 16.2. The minimum atomic E-state index is -1.18. The molecule has 5 rings (SSSR count). The summed E-state index contributed by atoms with van der Waals surface area (Å²) in [5.74, 6) is -0.860. The molecule has 0 radical (unpaired) electrons. The fourth-order valence-corrected chi connectivity index (χ4v) is 4.52. The molecule has 2 amide bonds. The quantitative estimate of drug-likeness (QED) is 0.602. The Morgan fingerprint density at radius 3 is 2.71 bits per heavy atom. The van der Waals surface area contributed by atoms with E-state index in [2.05, 4.69) is 10.3 Å². The van der Waals surface area contributed by atoms with Crippen LogP contribution in [0.1, 0.15) is 43.4 Å². The Hall–Kier alpha value is -4.01. The molecule has 3 aromatic rings. The number of para-hydroxylation sites is 2. The van der Waals surface area contributed by atoms with Crippen LogP contribution in [0.3, 0.4) is 0 Å². The predicted octanol–water partition coefficient (Wildman–Crippen LogP) is 2.65. The summed E-state index contributed by atoms with van der Waals surface area (Å²) >= 11 is 0. The van der Waals surface area contributed by atoms with Crippen LogP contribution in [0.25, 0.3) is 10.9 Å². The molecule has 2 aromatic carbocycles. The van der Waals surface area contributed by atoms with Gasteiger partial charge in [-0.2, -0.15) is 0 Å². The average Bonchev–Trinajstić information content (AvgIpc) is 3.28. The number of hydrogen-bond acceptors (Lipinski definition) is 6. The number of anilines is 2. The maximum atomic E-state index is 13.4. The highest BCUT2D eigenvalue weighted by Crippen LogP contribution is 2.37. The lowest BCUT2D eigenvalue weighted by molar-refractivity contribution is -0.131. The minimum absolute atomic E-state index is 0.120. The van der Waals surface area contributed by atoms with Crippen molar-refractivity contribution in [2.45, 2.75) is 51.8 Å². The van der Waals surface area contributed by atoms with E-state index in [1.165, 1.54) is 24.0 Å². The van der Waals surface area contributed by atoms with Gasteiger partial charge in [-0.1, -0.05) is 12.1 Å². The summed E-state index contributed by atoms with van der Waals surface area (Å²) in [6, 6.07) is 11.6. The van der Waals surface area contributed by atoms with Crippen molar-refractivity contribution in [2.24, 2.45) is 0 Å². The van der Waals surface area contributed by atoms with E-state index >= 15 is 0 Å². The largest absolute Gasteiger partial charge is 0.449 e. The third-order valence-electron chi connectivity index (χ3n) is 6.41. The third-order valence-corrected chi connectivity index (χ3v) is 6.41. The van der Waals surface area contributed by atoms with Crippen LogP contribution in [-0.4, -0.2) is 39.0 Å². The molecule has 1 atom stereocenters. The van der Waals surface area contributed by atoms with E-state index in [4.69, 9.17) is 4.74 Å². The van der Waals surface area contributed by atoms with Crippen molar-refractivity contribution in [1.29, 1.82) is 0 Å². The first-order valence-corrected chi connectivity index (χ1v) is 11.2. The second kappa shape index (κ2) is 7.79. The Kier molecular flexibility index (Phi) is 5.00. The van der Waals surface area contributed by atoms with Gasteiger partial charge in [0.15, 0.2) is 6.10 Å². The zero-order valence-electron chi connectivity index (χ0n) is 19.1. The number of carbonyl (C=O) groups is 3. The number of rotatable bonds is 3. The highest BCUT2D eigenvalue weighted by Gasteiger charge is 2.45. The first-order valence-electron chi connectivity index (χ1n) is 11.2. The van der Waals surface area contributed by atoms with Gasteiger partial charge in [-0.25, -0.2) is 9.78 Å². The Labute approximate surface area is 195 Å². The fourth-order valence-electron chi connectivity index (χ4n) is 4.52. The lowest BCUT2D eigenvalue weighted by Gasteiger charge is -2.42. The van der Waals surface area contributed by atoms with Gasteiger partial charge in [0.05, 0.1) is 27.8 Å². The number of esters is 1. The number of benzene rings is 2. The second-order valence-electron chi connectivity index (χ2n) is 9.07. The number of aryl methyl sites for hydroxylation is 1. The summed E-state index contributed by atoms with van der Waals surface area (Å²) in [6.07, 6.45) is 0.424. The van der Waals surface area contributed by atoms with Crippen molar-refractivity contribution in [1.82, 2.24) is 9.55 Å². The van der Waals surface area contributed by atoms with Crippen molar-refractivity contribution in [3.8, 4) is 0 Å². The van der Waals surface area contributed by atoms with Crippen molar-refractivity contribution in [2.75, 3.05) is 10.2 Å². The number of fused-ring (bicyclic) bond motifs is 3. The van der Waals surface area contributed by atoms with Crippen LogP contribution in [0.5, 0.6) is 0 Å². The lowest BCUT2D eigenvalue weighted by Crippen LogP contribution is -2.60. The van der Waals surface area contributed by atoms with E-state index in [0.717, 1.165) is 6.42 Å². The van der Waals surface area contributed by atoms with Crippen molar-refractivity contribution in [3.05, 3.63) is 64.2 Å². The zero-order valence-corrected chi connectivity index (χ0v) is 19.1. The summed E-state index contributed by atoms with van der Waals surface area (Å²) in [7, 11) is 0. The topological polar surface area (TPSA) is 111 Å². The molecule has 9 heteroatoms. The van der Waals surface area contributed by atoms with Crippen LogP contribution in [-0.2, 0) is 27.3 Å². The highest BCUT2D eigenvalue weighted by atomic mass is 16.5. The number of hydrogen-bond donors (Lipinski definition) is 1. The molecule has 1 aromatic heterocycles. The van der Waals surface area contributed by atoms with Crippen molar-refractivity contribution < 1.29 is 19.1 Å². The summed E-state index contributed by atoms with van der Waals surface area (Å²) in [6.45, 7) is 5.39. The molecule has 0 bridgehead atoms. The molecule has 3 heterocycles. The summed E-state index contributed by atoms with van der Waals surface area (Å²) in [5, 5.41) is 3.24. The van der Waals surface area contributed by atoms with Crippen molar-refractivity contribution in [3.63, 3.8) is 0 Å². The normalized spacial score (nSPS) is 17.0. The minimum Gasteiger partial charge on any atom is -0.449 e. The molecule has 34 heavy (non-hydrogen) atoms. The Balaban J connectivity index is 1.42. The number of amides is 2. The third kappa shape index (κ3) is 3.35. The fraction of sp³-hybridized carbons (Fsp3) is 0.320. The molecule has 0 aliphatic carbocycles. The molecular weight excluding hydrogens is 436 g/mol. The van der Waals surface area contributed by atoms with Crippen LogP contribution in [0.4, 0.5) is 11.4 Å². The van der Waals surface area contributed by atoms with E-state index in [1.54, 1.807) is 48.7 Å². The number of aromatic nitrogens is 2. The van der Waals surface area contributed by atoms with E-state index in [0.29, 0.717) is 41.1 Å². The molecule has 0 saturated heterocycles. The average molecular weight is 460 g/mol. The second-order valence-corrected chi connectivity index (χ2v) is 9.07. The van der Waals surface area contributed by atoms with Crippen molar-refractivity contribution >= 4 is 40.1 Å². The number of nitrogens with one attached hydrogen (secondary N) is 1. The monoisotopic (exact) mass is 460 g/mol. The van der Waals surface area contributed by atoms with Gasteiger partial charge in [-0.05, 0) is 57.5 Å². The Bertz CT molecular complexity index is 1420. The molecular formula is C25H24N4O5. The van der Waals surface area contributed by atoms with Gasteiger partial charge in [-0.15, -0.1) is 0 Å². The van der Waals surface area contributed by atoms with Gasteiger partial charge in [-0.3, -0.25) is 23.9 Å². The maximum absolute atomic E-state index is 13.4. The molecule has 0 saturated carbocycles. The SMILES string of the molecule is CC(OC(=O)c1ccc2c(=O)n3c(nc2c1)CCC3)C(=O)N1c2ccccc2NC(=O)C1(C)C. The van der Waals surface area contributed by atoms with Gasteiger partial charge in [0.1, 0.15) is 11.4 Å². The highest BCUT2D eigenvalue weighted by molar-refractivity contribution is 6.15. The van der Waals surface area contributed by atoms with E-state index in [9.17, 15) is 19.2 Å². The summed E-state index contributed by atoms with van der Waals surface area (Å²) in [4.78, 5) is 57.5. The molecule has 2 aliphatic rings. The molecule has 2 aliphatic heterocycles. The summed E-state index contributed by atoms with van der Waals surface area (Å²) < 4.78 is 7.16. The first kappa shape index (κ1) is 21.8. The van der Waals surface area contributed by atoms with Crippen LogP contribution >= 0.6 is 0 Å². The Morgan fingerprint density at radius 1 is 1.15 bits per heavy atom. The molecule has 1 unspecified atom stereocenters. The van der Waals surface area contributed by atoms with Gasteiger partial charge in [0.2, 0.25) is 5.91 Å². The van der Waals surface area contributed by atoms with E-state index < -0.39 is 23.5 Å². The van der Waals surface area contributed by atoms with Gasteiger partial charge >= 0.3 is 5.97 Å². The molecule has 174 valence electrons. The van der Waals surface area contributed by atoms with E-state index in [-0.39, 0.29) is 17.0 Å². The Morgan fingerprint density at radius 2 is 1.91 bits per heavy atom. The van der Waals surface area contributed by atoms with Gasteiger partial charge in [0, 0.05) is 13.0 Å². The predicted molar refractivity (Wildman–Crippen MR) is 126 cm³/mol. The molecule has 0 fully saturated rings. The standard InChI is InChI=1S/C25H24N4O5/c1-14(21(30)29-19-8-5-4-7-17(19)27-24(33)25(29,2)3)34-23(32)15-10-11-16-18(13-15)26-20-9-6-12-28(20)22(16)31/h4-5,7-8,10-11,13-14H,6,9,12H2,1-3H3,(H,27,33). The van der Waals surface area contributed by atoms with Crippen LogP contribution in [0.2, 0.25) is 0 Å². The molecule has 9 nitrogen and oxygen atoms in total. The van der Waals surface area contributed by atoms with Crippen LogP contribution in [0, 0.1) is 0 Å². The number of ether oxygens (including phenoxy) is 1. The number of carbonyl (C=O) groups excluding carboxylic acids is 3. The van der Waals surface area contributed by atoms with Gasteiger partial charge in [0.25, 0.3) is 11.5 Å². The van der Waals surface area contributed by atoms with Crippen LogP contribution in [0.15, 0.2) is 47.3 Å². The smallest absolute Gasteiger partial charge is 0.338 e. The zero-order chi connectivity index (χ0) is 24.2. The molecule has 0 spiro atoms. The number of nitrogens with zero attached hydrogens (tertiary/aromatic N) is 3. The molecule has 1 N–H and O–H groups in total.